The van der Waals surface area contributed by atoms with Gasteiger partial charge in [-0.3, -0.25) is 9.59 Å². The minimum atomic E-state index is -0.625. The minimum absolute atomic E-state index is 0.210. The van der Waals surface area contributed by atoms with Crippen molar-refractivity contribution in [2.75, 3.05) is 5.32 Å². The van der Waals surface area contributed by atoms with Gasteiger partial charge >= 0.3 is 0 Å². The Labute approximate surface area is 86.0 Å². The van der Waals surface area contributed by atoms with Crippen molar-refractivity contribution in [1.82, 2.24) is 0 Å². The summed E-state index contributed by atoms with van der Waals surface area (Å²) in [6.07, 6.45) is 0.489. The van der Waals surface area contributed by atoms with Gasteiger partial charge in [-0.25, -0.2) is 0 Å². The van der Waals surface area contributed by atoms with Crippen molar-refractivity contribution < 1.29 is 9.59 Å². The number of benzene rings is 1. The highest BCUT2D eigenvalue weighted by atomic mass is 35.5. The van der Waals surface area contributed by atoms with E-state index in [0.717, 1.165) is 0 Å². The molecule has 0 spiro atoms. The summed E-state index contributed by atoms with van der Waals surface area (Å²) in [6, 6.07) is 3.06. The highest BCUT2D eigenvalue weighted by molar-refractivity contribution is 6.31. The van der Waals surface area contributed by atoms with Crippen LogP contribution in [0.1, 0.15) is 15.9 Å². The predicted molar refractivity (Wildman–Crippen MR) is 54.4 cm³/mol. The molecule has 1 aromatic rings. The number of halogens is 1. The first-order valence-corrected chi connectivity index (χ1v) is 4.24. The molecule has 0 saturated carbocycles. The monoisotopic (exact) mass is 212 g/mol. The molecule has 0 aliphatic rings. The maximum atomic E-state index is 11.0. The number of rotatable bonds is 3. The van der Waals surface area contributed by atoms with Crippen LogP contribution in [0.25, 0.3) is 0 Å². The Balaban J connectivity index is 3.35. The zero-order chi connectivity index (χ0) is 10.7. The fourth-order valence-electron chi connectivity index (χ4n) is 1.19. The topological polar surface area (TPSA) is 72.2 Å². The summed E-state index contributed by atoms with van der Waals surface area (Å²) in [7, 11) is 0. The van der Waals surface area contributed by atoms with Crippen molar-refractivity contribution >= 4 is 29.6 Å². The van der Waals surface area contributed by atoms with E-state index < -0.39 is 5.91 Å². The molecule has 4 nitrogen and oxygen atoms in total. The quantitative estimate of drug-likeness (QED) is 0.742. The molecule has 0 fully saturated rings. The van der Waals surface area contributed by atoms with Crippen LogP contribution in [0.5, 0.6) is 0 Å². The summed E-state index contributed by atoms with van der Waals surface area (Å²) in [5.41, 5.74) is 6.43. The maximum absolute atomic E-state index is 11.0. The largest absolute Gasteiger partial charge is 0.366 e. The number of carbonyl (C=O) groups is 2. The van der Waals surface area contributed by atoms with E-state index >= 15 is 0 Å². The summed E-state index contributed by atoms with van der Waals surface area (Å²) in [5, 5.41) is 2.82. The van der Waals surface area contributed by atoms with Crippen LogP contribution in [0, 0.1) is 6.92 Å². The summed E-state index contributed by atoms with van der Waals surface area (Å²) >= 11 is 5.74. The predicted octanol–water partition coefficient (Wildman–Crippen LogP) is 1.32. The van der Waals surface area contributed by atoms with Crippen LogP contribution in [0.4, 0.5) is 5.69 Å². The number of amides is 2. The average molecular weight is 213 g/mol. The molecular weight excluding hydrogens is 204 g/mol. The molecular formula is C9H9ClN2O2. The molecule has 0 saturated heterocycles. The molecule has 0 aromatic heterocycles. The van der Waals surface area contributed by atoms with E-state index in [4.69, 9.17) is 17.3 Å². The number of hydrogen-bond acceptors (Lipinski definition) is 2. The molecule has 0 bridgehead atoms. The molecule has 74 valence electrons. The van der Waals surface area contributed by atoms with Gasteiger partial charge in [-0.05, 0) is 24.6 Å². The minimum Gasteiger partial charge on any atom is -0.366 e. The summed E-state index contributed by atoms with van der Waals surface area (Å²) in [5.74, 6) is -0.625. The van der Waals surface area contributed by atoms with Crippen molar-refractivity contribution in [2.24, 2.45) is 5.73 Å². The second kappa shape index (κ2) is 4.11. The Hall–Kier alpha value is -1.55. The molecule has 0 aliphatic carbocycles. The Morgan fingerprint density at radius 1 is 1.57 bits per heavy atom. The van der Waals surface area contributed by atoms with Gasteiger partial charge in [0, 0.05) is 5.02 Å². The van der Waals surface area contributed by atoms with Crippen LogP contribution in [0.2, 0.25) is 5.02 Å². The highest BCUT2D eigenvalue weighted by Crippen LogP contribution is 2.24. The van der Waals surface area contributed by atoms with Crippen molar-refractivity contribution in [3.8, 4) is 0 Å². The van der Waals surface area contributed by atoms with Gasteiger partial charge in [0.05, 0.1) is 11.3 Å². The van der Waals surface area contributed by atoms with E-state index in [1.807, 2.05) is 0 Å². The maximum Gasteiger partial charge on any atom is 0.250 e. The summed E-state index contributed by atoms with van der Waals surface area (Å²) in [4.78, 5) is 21.3. The zero-order valence-electron chi connectivity index (χ0n) is 7.50. The first-order valence-electron chi connectivity index (χ1n) is 3.86. The normalized spacial score (nSPS) is 9.57. The van der Waals surface area contributed by atoms with Gasteiger partial charge in [0.25, 0.3) is 5.91 Å². The van der Waals surface area contributed by atoms with E-state index in [1.165, 1.54) is 6.07 Å². The van der Waals surface area contributed by atoms with Gasteiger partial charge in [-0.1, -0.05) is 11.6 Å². The van der Waals surface area contributed by atoms with Crippen LogP contribution in [-0.4, -0.2) is 12.3 Å². The molecule has 1 aromatic carbocycles. The van der Waals surface area contributed by atoms with Gasteiger partial charge in [0.15, 0.2) is 0 Å². The van der Waals surface area contributed by atoms with Gasteiger partial charge in [-0.2, -0.15) is 0 Å². The third-order valence-corrected chi connectivity index (χ3v) is 1.99. The second-order valence-electron chi connectivity index (χ2n) is 2.77. The fraction of sp³-hybridized carbons (Fsp3) is 0.111. The number of anilines is 1. The van der Waals surface area contributed by atoms with Gasteiger partial charge in [-0.15, -0.1) is 0 Å². The number of aryl methyl sites for hydroxylation is 1. The smallest absolute Gasteiger partial charge is 0.250 e. The molecule has 3 N–H and O–H groups in total. The SMILES string of the molecule is Cc1cc(Cl)cc(C(N)=O)c1NC=O. The molecule has 0 radical (unpaired) electrons. The molecule has 0 unspecified atom stereocenters. The standard InChI is InChI=1S/C9H9ClN2O2/c1-5-2-6(10)3-7(9(11)14)8(5)12-4-13/h2-4H,1H3,(H2,11,14)(H,12,13). The number of carbonyl (C=O) groups excluding carboxylic acids is 2. The number of primary amides is 1. The fourth-order valence-corrected chi connectivity index (χ4v) is 1.46. The van der Waals surface area contributed by atoms with Crippen molar-refractivity contribution in [2.45, 2.75) is 6.92 Å². The van der Waals surface area contributed by atoms with E-state index in [9.17, 15) is 9.59 Å². The Morgan fingerprint density at radius 2 is 2.21 bits per heavy atom. The first kappa shape index (κ1) is 10.5. The molecule has 2 amide bonds. The number of nitrogens with two attached hydrogens (primary N) is 1. The first-order chi connectivity index (χ1) is 6.56. The van der Waals surface area contributed by atoms with Crippen molar-refractivity contribution in [1.29, 1.82) is 0 Å². The third-order valence-electron chi connectivity index (χ3n) is 1.77. The van der Waals surface area contributed by atoms with Crippen molar-refractivity contribution in [3.63, 3.8) is 0 Å². The lowest BCUT2D eigenvalue weighted by Crippen LogP contribution is -2.14. The van der Waals surface area contributed by atoms with Crippen LogP contribution in [0.3, 0.4) is 0 Å². The Kier molecular flexibility index (Phi) is 3.09. The van der Waals surface area contributed by atoms with Crippen LogP contribution in [-0.2, 0) is 4.79 Å². The van der Waals surface area contributed by atoms with E-state index in [1.54, 1.807) is 13.0 Å². The Morgan fingerprint density at radius 3 is 2.71 bits per heavy atom. The molecule has 14 heavy (non-hydrogen) atoms. The lowest BCUT2D eigenvalue weighted by atomic mass is 10.1. The van der Waals surface area contributed by atoms with E-state index in [0.29, 0.717) is 22.7 Å². The lowest BCUT2D eigenvalue weighted by Gasteiger charge is -2.09. The highest BCUT2D eigenvalue weighted by Gasteiger charge is 2.11. The van der Waals surface area contributed by atoms with Crippen LogP contribution >= 0.6 is 11.6 Å². The lowest BCUT2D eigenvalue weighted by molar-refractivity contribution is -0.105. The zero-order valence-corrected chi connectivity index (χ0v) is 8.26. The Bertz CT molecular complexity index is 391. The molecule has 1 rings (SSSR count). The number of nitrogens with one attached hydrogen (secondary N) is 1. The van der Waals surface area contributed by atoms with E-state index in [-0.39, 0.29) is 5.56 Å². The van der Waals surface area contributed by atoms with Gasteiger partial charge in [0.2, 0.25) is 6.41 Å². The average Bonchev–Trinajstić information content (AvgIpc) is 2.09. The van der Waals surface area contributed by atoms with Crippen LogP contribution < -0.4 is 11.1 Å². The molecule has 0 atom stereocenters. The molecule has 0 aliphatic heterocycles. The van der Waals surface area contributed by atoms with Crippen molar-refractivity contribution in [3.05, 3.63) is 28.3 Å². The molecule has 5 heteroatoms. The van der Waals surface area contributed by atoms with Crippen LogP contribution in [0.15, 0.2) is 12.1 Å². The van der Waals surface area contributed by atoms with E-state index in [2.05, 4.69) is 5.32 Å². The third kappa shape index (κ3) is 2.03. The molecule has 0 heterocycles. The summed E-state index contributed by atoms with van der Waals surface area (Å²) < 4.78 is 0. The summed E-state index contributed by atoms with van der Waals surface area (Å²) in [6.45, 7) is 1.73. The second-order valence-corrected chi connectivity index (χ2v) is 3.21. The van der Waals surface area contributed by atoms with Gasteiger partial charge < -0.3 is 11.1 Å². The number of hydrogen-bond donors (Lipinski definition) is 2. The van der Waals surface area contributed by atoms with Gasteiger partial charge in [0.1, 0.15) is 0 Å².